The number of hydrogen-bond acceptors (Lipinski definition) is 3. The third-order valence-corrected chi connectivity index (χ3v) is 3.34. The van der Waals surface area contributed by atoms with Crippen molar-refractivity contribution in [3.8, 4) is 11.5 Å². The predicted molar refractivity (Wildman–Crippen MR) is 72.8 cm³/mol. The zero-order chi connectivity index (χ0) is 13.3. The minimum Gasteiger partial charge on any atom is -0.508 e. The van der Waals surface area contributed by atoms with E-state index >= 15 is 0 Å². The van der Waals surface area contributed by atoms with Gasteiger partial charge in [0, 0.05) is 5.41 Å². The van der Waals surface area contributed by atoms with Crippen LogP contribution in [0.3, 0.4) is 0 Å². The first kappa shape index (κ1) is 12.3. The molecule has 18 heavy (non-hydrogen) atoms. The Hall–Kier alpha value is -2.16. The maximum atomic E-state index is 9.46. The molecule has 0 aromatic heterocycles. The molecule has 0 amide bonds. The van der Waals surface area contributed by atoms with Gasteiger partial charge in [0.25, 0.3) is 0 Å². The highest BCUT2D eigenvalue weighted by Crippen LogP contribution is 2.35. The maximum absolute atomic E-state index is 9.46. The summed E-state index contributed by atoms with van der Waals surface area (Å²) in [7, 11) is 0. The number of rotatable bonds is 2. The van der Waals surface area contributed by atoms with Crippen LogP contribution in [0.5, 0.6) is 11.5 Å². The van der Waals surface area contributed by atoms with E-state index in [0.29, 0.717) is 5.69 Å². The Balaban J connectivity index is 2.46. The third-order valence-electron chi connectivity index (χ3n) is 3.34. The molecule has 0 saturated heterocycles. The quantitative estimate of drug-likeness (QED) is 0.561. The number of nitrogens with two attached hydrogens (primary N) is 1. The molecular formula is C15H17NO2. The average Bonchev–Trinajstić information content (AvgIpc) is 2.33. The van der Waals surface area contributed by atoms with Gasteiger partial charge in [0.15, 0.2) is 0 Å². The van der Waals surface area contributed by atoms with Crippen LogP contribution < -0.4 is 5.73 Å². The van der Waals surface area contributed by atoms with E-state index in [0.717, 1.165) is 11.1 Å². The SMILES string of the molecule is CC(C)(c1ccc(O)cc1)c1ccc(O)c(N)c1. The van der Waals surface area contributed by atoms with Crippen LogP contribution in [0.2, 0.25) is 0 Å². The summed E-state index contributed by atoms with van der Waals surface area (Å²) in [5.41, 5.74) is 7.95. The fraction of sp³-hybridized carbons (Fsp3) is 0.200. The minimum atomic E-state index is -0.241. The van der Waals surface area contributed by atoms with Crippen molar-refractivity contribution in [3.05, 3.63) is 53.6 Å². The summed E-state index contributed by atoms with van der Waals surface area (Å²) in [5, 5.41) is 18.8. The van der Waals surface area contributed by atoms with Crippen molar-refractivity contribution >= 4 is 5.69 Å². The van der Waals surface area contributed by atoms with E-state index in [1.807, 2.05) is 18.2 Å². The molecule has 0 heterocycles. The number of aromatic hydroxyl groups is 2. The van der Waals surface area contributed by atoms with Crippen molar-refractivity contribution in [3.63, 3.8) is 0 Å². The van der Waals surface area contributed by atoms with Crippen LogP contribution in [0, 0.1) is 0 Å². The first-order valence-corrected chi connectivity index (χ1v) is 5.80. The highest BCUT2D eigenvalue weighted by atomic mass is 16.3. The molecule has 2 aromatic carbocycles. The van der Waals surface area contributed by atoms with Crippen LogP contribution in [0.1, 0.15) is 25.0 Å². The van der Waals surface area contributed by atoms with Crippen LogP contribution in [0.15, 0.2) is 42.5 Å². The fourth-order valence-electron chi connectivity index (χ4n) is 1.99. The smallest absolute Gasteiger partial charge is 0.138 e. The normalized spacial score (nSPS) is 11.4. The zero-order valence-electron chi connectivity index (χ0n) is 10.5. The molecule has 3 heteroatoms. The standard InChI is InChI=1S/C15H17NO2/c1-15(2,10-3-6-12(17)7-4-10)11-5-8-14(18)13(16)9-11/h3-9,17-18H,16H2,1-2H3. The lowest BCUT2D eigenvalue weighted by Crippen LogP contribution is -2.18. The lowest BCUT2D eigenvalue weighted by atomic mass is 9.78. The molecule has 0 spiro atoms. The first-order valence-electron chi connectivity index (χ1n) is 5.80. The average molecular weight is 243 g/mol. The molecular weight excluding hydrogens is 226 g/mol. The molecule has 2 rings (SSSR count). The Morgan fingerprint density at radius 2 is 1.44 bits per heavy atom. The van der Waals surface area contributed by atoms with Crippen LogP contribution in [0.4, 0.5) is 5.69 Å². The highest BCUT2D eigenvalue weighted by molar-refractivity contribution is 5.56. The van der Waals surface area contributed by atoms with E-state index in [4.69, 9.17) is 5.73 Å². The Morgan fingerprint density at radius 1 is 0.889 bits per heavy atom. The summed E-state index contributed by atoms with van der Waals surface area (Å²) in [6.45, 7) is 4.15. The van der Waals surface area contributed by atoms with Gasteiger partial charge in [-0.2, -0.15) is 0 Å². The summed E-state index contributed by atoms with van der Waals surface area (Å²) in [6.07, 6.45) is 0. The molecule has 0 saturated carbocycles. The molecule has 0 radical (unpaired) electrons. The van der Waals surface area contributed by atoms with E-state index in [2.05, 4.69) is 13.8 Å². The van der Waals surface area contributed by atoms with Gasteiger partial charge in [-0.05, 0) is 35.4 Å². The number of benzene rings is 2. The van der Waals surface area contributed by atoms with Crippen molar-refractivity contribution in [1.29, 1.82) is 0 Å². The molecule has 0 aliphatic rings. The second-order valence-electron chi connectivity index (χ2n) is 4.95. The van der Waals surface area contributed by atoms with E-state index in [1.165, 1.54) is 0 Å². The molecule has 94 valence electrons. The second-order valence-corrected chi connectivity index (χ2v) is 4.95. The zero-order valence-corrected chi connectivity index (χ0v) is 10.5. The van der Waals surface area contributed by atoms with E-state index in [9.17, 15) is 10.2 Å². The lowest BCUT2D eigenvalue weighted by molar-refractivity contribution is 0.474. The van der Waals surface area contributed by atoms with Crippen LogP contribution in [-0.4, -0.2) is 10.2 Å². The van der Waals surface area contributed by atoms with Gasteiger partial charge in [-0.25, -0.2) is 0 Å². The first-order chi connectivity index (χ1) is 8.41. The van der Waals surface area contributed by atoms with Crippen molar-refractivity contribution < 1.29 is 10.2 Å². The molecule has 0 bridgehead atoms. The van der Waals surface area contributed by atoms with Crippen LogP contribution >= 0.6 is 0 Å². The molecule has 3 nitrogen and oxygen atoms in total. The fourth-order valence-corrected chi connectivity index (χ4v) is 1.99. The van der Waals surface area contributed by atoms with Crippen molar-refractivity contribution in [2.75, 3.05) is 5.73 Å². The highest BCUT2D eigenvalue weighted by Gasteiger charge is 2.23. The van der Waals surface area contributed by atoms with E-state index < -0.39 is 0 Å². The largest absolute Gasteiger partial charge is 0.508 e. The monoisotopic (exact) mass is 243 g/mol. The Morgan fingerprint density at radius 3 is 2.00 bits per heavy atom. The van der Waals surface area contributed by atoms with Gasteiger partial charge in [0.05, 0.1) is 5.69 Å². The number of phenolic OH excluding ortho intramolecular Hbond substituents is 2. The number of anilines is 1. The number of nitrogen functional groups attached to an aromatic ring is 1. The van der Waals surface area contributed by atoms with Crippen molar-refractivity contribution in [2.45, 2.75) is 19.3 Å². The lowest BCUT2D eigenvalue weighted by Gasteiger charge is -2.26. The van der Waals surface area contributed by atoms with Gasteiger partial charge in [-0.3, -0.25) is 0 Å². The summed E-state index contributed by atoms with van der Waals surface area (Å²) in [6, 6.07) is 12.4. The van der Waals surface area contributed by atoms with Gasteiger partial charge in [0.2, 0.25) is 0 Å². The van der Waals surface area contributed by atoms with Gasteiger partial charge in [-0.1, -0.05) is 32.0 Å². The van der Waals surface area contributed by atoms with Gasteiger partial charge < -0.3 is 15.9 Å². The Bertz CT molecular complexity index is 559. The number of hydrogen-bond donors (Lipinski definition) is 3. The molecule has 0 aliphatic carbocycles. The van der Waals surface area contributed by atoms with Crippen molar-refractivity contribution in [1.82, 2.24) is 0 Å². The van der Waals surface area contributed by atoms with Crippen molar-refractivity contribution in [2.24, 2.45) is 0 Å². The second kappa shape index (κ2) is 4.26. The predicted octanol–water partition coefficient (Wildman–Crippen LogP) is 3.01. The Kier molecular flexibility index (Phi) is 2.91. The third kappa shape index (κ3) is 2.12. The molecule has 2 aromatic rings. The van der Waals surface area contributed by atoms with Gasteiger partial charge >= 0.3 is 0 Å². The summed E-state index contributed by atoms with van der Waals surface area (Å²) in [5.74, 6) is 0.347. The summed E-state index contributed by atoms with van der Waals surface area (Å²) in [4.78, 5) is 0. The minimum absolute atomic E-state index is 0.0975. The molecule has 4 N–H and O–H groups in total. The summed E-state index contributed by atoms with van der Waals surface area (Å²) < 4.78 is 0. The maximum Gasteiger partial charge on any atom is 0.138 e. The molecule has 0 aliphatic heterocycles. The van der Waals surface area contributed by atoms with E-state index in [1.54, 1.807) is 24.3 Å². The van der Waals surface area contributed by atoms with Crippen LogP contribution in [-0.2, 0) is 5.41 Å². The van der Waals surface area contributed by atoms with Gasteiger partial charge in [-0.15, -0.1) is 0 Å². The Labute approximate surface area is 107 Å². The number of phenols is 2. The molecule has 0 unspecified atom stereocenters. The van der Waals surface area contributed by atoms with Crippen LogP contribution in [0.25, 0.3) is 0 Å². The molecule has 0 atom stereocenters. The topological polar surface area (TPSA) is 66.5 Å². The molecule has 0 fully saturated rings. The van der Waals surface area contributed by atoms with E-state index in [-0.39, 0.29) is 16.9 Å². The van der Waals surface area contributed by atoms with Gasteiger partial charge in [0.1, 0.15) is 11.5 Å². The summed E-state index contributed by atoms with van der Waals surface area (Å²) >= 11 is 0.